The van der Waals surface area contributed by atoms with E-state index in [-0.39, 0.29) is 42.1 Å². The number of nitrogens with zero attached hydrogens (tertiary/aromatic N) is 1. The molecule has 28 heavy (non-hydrogen) atoms. The summed E-state index contributed by atoms with van der Waals surface area (Å²) in [4.78, 5) is 38.0. The average Bonchev–Trinajstić information content (AvgIpc) is 3.28. The molecule has 0 spiro atoms. The summed E-state index contributed by atoms with van der Waals surface area (Å²) in [7, 11) is 0. The lowest BCUT2D eigenvalue weighted by Crippen LogP contribution is -2.49. The molecule has 1 N–H and O–H groups in total. The summed E-state index contributed by atoms with van der Waals surface area (Å²) in [5, 5.41) is 1.53. The number of aryl methyl sites for hydroxylation is 1. The molecule has 2 bridgehead atoms. The number of allylic oxidation sites excluding steroid dienone is 2. The summed E-state index contributed by atoms with van der Waals surface area (Å²) < 4.78 is 5.45. The zero-order valence-electron chi connectivity index (χ0n) is 16.1. The lowest BCUT2D eigenvalue weighted by atomic mass is 9.81. The molecule has 0 aromatic heterocycles. The molecular weight excluding hydrogens is 380 g/mol. The van der Waals surface area contributed by atoms with E-state index in [1.165, 1.54) is 11.1 Å². The molecule has 4 rings (SSSR count). The van der Waals surface area contributed by atoms with Gasteiger partial charge in [0, 0.05) is 5.02 Å². The first kappa shape index (κ1) is 19.0. The van der Waals surface area contributed by atoms with Gasteiger partial charge < -0.3 is 4.74 Å². The molecule has 3 aliphatic rings. The van der Waals surface area contributed by atoms with Gasteiger partial charge in [0.2, 0.25) is 0 Å². The smallest absolute Gasteiger partial charge is 0.276 e. The van der Waals surface area contributed by atoms with Crippen LogP contribution in [0.5, 0.6) is 5.75 Å². The van der Waals surface area contributed by atoms with Crippen molar-refractivity contribution in [2.24, 2.45) is 23.7 Å². The van der Waals surface area contributed by atoms with Crippen LogP contribution in [0.4, 0.5) is 0 Å². The van der Waals surface area contributed by atoms with Gasteiger partial charge in [-0.25, -0.2) is 0 Å². The van der Waals surface area contributed by atoms with Gasteiger partial charge in [0.25, 0.3) is 17.7 Å². The van der Waals surface area contributed by atoms with Crippen LogP contribution in [0.2, 0.25) is 5.02 Å². The van der Waals surface area contributed by atoms with Crippen molar-refractivity contribution in [3.05, 3.63) is 39.9 Å². The Labute approximate surface area is 168 Å². The molecule has 4 atom stereocenters. The van der Waals surface area contributed by atoms with Crippen molar-refractivity contribution in [1.82, 2.24) is 10.4 Å². The van der Waals surface area contributed by atoms with Crippen LogP contribution in [0.15, 0.2) is 29.3 Å². The first-order valence-electron chi connectivity index (χ1n) is 9.53. The summed E-state index contributed by atoms with van der Waals surface area (Å²) in [5.41, 5.74) is 5.77. The number of hydrazine groups is 1. The fourth-order valence-corrected chi connectivity index (χ4v) is 5.23. The van der Waals surface area contributed by atoms with E-state index < -0.39 is 5.91 Å². The van der Waals surface area contributed by atoms with Gasteiger partial charge in [-0.3, -0.25) is 19.8 Å². The first-order chi connectivity index (χ1) is 13.3. The Hall–Kier alpha value is -2.34. The van der Waals surface area contributed by atoms with Gasteiger partial charge in [-0.05, 0) is 69.2 Å². The molecule has 0 unspecified atom stereocenters. The Bertz CT molecular complexity index is 874. The van der Waals surface area contributed by atoms with Crippen molar-refractivity contribution >= 4 is 29.3 Å². The van der Waals surface area contributed by atoms with Gasteiger partial charge in [0.15, 0.2) is 6.61 Å². The second kappa shape index (κ2) is 6.92. The Morgan fingerprint density at radius 1 is 1.18 bits per heavy atom. The number of imide groups is 1. The highest BCUT2D eigenvalue weighted by atomic mass is 35.5. The molecule has 1 saturated heterocycles. The molecule has 148 valence electrons. The van der Waals surface area contributed by atoms with Crippen LogP contribution in [0.3, 0.4) is 0 Å². The van der Waals surface area contributed by atoms with Crippen molar-refractivity contribution in [3.63, 3.8) is 0 Å². The van der Waals surface area contributed by atoms with Gasteiger partial charge in [-0.15, -0.1) is 0 Å². The molecule has 2 aliphatic carbocycles. The average molecular weight is 403 g/mol. The Balaban J connectivity index is 1.42. The van der Waals surface area contributed by atoms with Crippen molar-refractivity contribution in [1.29, 1.82) is 0 Å². The molecule has 1 aromatic carbocycles. The van der Waals surface area contributed by atoms with Crippen LogP contribution in [-0.4, -0.2) is 29.3 Å². The Morgan fingerprint density at radius 2 is 1.79 bits per heavy atom. The highest BCUT2D eigenvalue weighted by Gasteiger charge is 2.63. The lowest BCUT2D eigenvalue weighted by molar-refractivity contribution is -0.150. The zero-order chi connectivity index (χ0) is 20.2. The van der Waals surface area contributed by atoms with Crippen molar-refractivity contribution < 1.29 is 19.1 Å². The Kier molecular flexibility index (Phi) is 4.70. The number of benzene rings is 1. The third kappa shape index (κ3) is 2.91. The number of nitrogens with one attached hydrogen (secondary N) is 1. The molecule has 0 radical (unpaired) electrons. The molecule has 7 heteroatoms. The summed E-state index contributed by atoms with van der Waals surface area (Å²) in [6, 6.07) is 5.08. The van der Waals surface area contributed by atoms with Crippen LogP contribution in [0.1, 0.15) is 32.3 Å². The third-order valence-electron chi connectivity index (χ3n) is 6.17. The second-order valence-electron chi connectivity index (χ2n) is 8.04. The van der Waals surface area contributed by atoms with Gasteiger partial charge in [-0.2, -0.15) is 5.01 Å². The fraction of sp³-hybridized carbons (Fsp3) is 0.476. The van der Waals surface area contributed by atoms with E-state index in [0.29, 0.717) is 10.8 Å². The zero-order valence-corrected chi connectivity index (χ0v) is 16.9. The van der Waals surface area contributed by atoms with Crippen LogP contribution in [0.25, 0.3) is 0 Å². The monoisotopic (exact) mass is 402 g/mol. The number of hydrogen-bond donors (Lipinski definition) is 1. The molecule has 3 amide bonds. The molecule has 1 aliphatic heterocycles. The SMILES string of the molecule is CC(C)=C1[C@H]2CC[C@H]1[C@@H]1C(=O)N(NC(=O)COc3ccc(Cl)c(C)c3)C(=O)[C@H]12. The molecule has 2 saturated carbocycles. The molecule has 1 heterocycles. The Morgan fingerprint density at radius 3 is 2.32 bits per heavy atom. The summed E-state index contributed by atoms with van der Waals surface area (Å²) in [6.45, 7) is 5.64. The number of hydrogen-bond acceptors (Lipinski definition) is 4. The van der Waals surface area contributed by atoms with E-state index in [2.05, 4.69) is 5.43 Å². The standard InChI is InChI=1S/C21H23ClN2O4/c1-10(2)17-13-5-6-14(17)19-18(13)20(26)24(21(19)27)23-16(25)9-28-12-4-7-15(22)11(3)8-12/h4,7-8,13-14,18-19H,5-6,9H2,1-3H3,(H,23,25)/t13-,14-,18+,19+/m1/s1. The highest BCUT2D eigenvalue weighted by Crippen LogP contribution is 2.59. The number of carbonyl (C=O) groups is 3. The maximum Gasteiger partial charge on any atom is 0.276 e. The number of ether oxygens (including phenoxy) is 1. The second-order valence-corrected chi connectivity index (χ2v) is 8.45. The van der Waals surface area contributed by atoms with E-state index >= 15 is 0 Å². The fourth-order valence-electron chi connectivity index (χ4n) is 5.11. The summed E-state index contributed by atoms with van der Waals surface area (Å²) in [6.07, 6.45) is 1.87. The minimum Gasteiger partial charge on any atom is -0.484 e. The normalized spacial score (nSPS) is 28.0. The van der Waals surface area contributed by atoms with Gasteiger partial charge in [0.05, 0.1) is 11.8 Å². The summed E-state index contributed by atoms with van der Waals surface area (Å²) in [5.74, 6) is -1.04. The third-order valence-corrected chi connectivity index (χ3v) is 6.59. The predicted molar refractivity (Wildman–Crippen MR) is 103 cm³/mol. The molecule has 6 nitrogen and oxygen atoms in total. The number of amides is 3. The maximum absolute atomic E-state index is 12.9. The van der Waals surface area contributed by atoms with E-state index in [1.807, 2.05) is 20.8 Å². The summed E-state index contributed by atoms with van der Waals surface area (Å²) >= 11 is 5.97. The molecule has 3 fully saturated rings. The van der Waals surface area contributed by atoms with Crippen molar-refractivity contribution in [2.75, 3.05) is 6.61 Å². The quantitative estimate of drug-likeness (QED) is 0.620. The van der Waals surface area contributed by atoms with Gasteiger partial charge in [0.1, 0.15) is 5.75 Å². The van der Waals surface area contributed by atoms with Gasteiger partial charge in [-0.1, -0.05) is 22.7 Å². The van der Waals surface area contributed by atoms with Crippen LogP contribution < -0.4 is 10.2 Å². The van der Waals surface area contributed by atoms with E-state index in [4.69, 9.17) is 16.3 Å². The van der Waals surface area contributed by atoms with Crippen LogP contribution in [0, 0.1) is 30.6 Å². The maximum atomic E-state index is 12.9. The van der Waals surface area contributed by atoms with E-state index in [9.17, 15) is 14.4 Å². The van der Waals surface area contributed by atoms with Gasteiger partial charge >= 0.3 is 0 Å². The minimum atomic E-state index is -0.538. The molecule has 1 aromatic rings. The minimum absolute atomic E-state index is 0.131. The lowest BCUT2D eigenvalue weighted by Gasteiger charge is -2.19. The number of carbonyl (C=O) groups excluding carboxylic acids is 3. The largest absolute Gasteiger partial charge is 0.484 e. The van der Waals surface area contributed by atoms with Crippen molar-refractivity contribution in [3.8, 4) is 5.75 Å². The van der Waals surface area contributed by atoms with Crippen molar-refractivity contribution in [2.45, 2.75) is 33.6 Å². The number of rotatable bonds is 4. The number of halogens is 1. The van der Waals surface area contributed by atoms with E-state index in [0.717, 1.165) is 23.4 Å². The molecular formula is C21H23ClN2O4. The van der Waals surface area contributed by atoms with E-state index in [1.54, 1.807) is 18.2 Å². The number of fused-ring (bicyclic) bond motifs is 5. The van der Waals surface area contributed by atoms with Crippen LogP contribution >= 0.6 is 11.6 Å². The highest BCUT2D eigenvalue weighted by molar-refractivity contribution is 6.31. The predicted octanol–water partition coefficient (Wildman–Crippen LogP) is 3.04. The van der Waals surface area contributed by atoms with Crippen LogP contribution in [-0.2, 0) is 14.4 Å². The topological polar surface area (TPSA) is 75.7 Å². The first-order valence-corrected chi connectivity index (χ1v) is 9.91.